The largest absolute Gasteiger partial charge is 0.491 e. The molecule has 1 unspecified atom stereocenters. The number of aryl methyl sites for hydroxylation is 1. The number of carboxylic acid groups (broad SMARTS) is 2. The first kappa shape index (κ1) is 21.0. The van der Waals surface area contributed by atoms with E-state index in [0.717, 1.165) is 16.6 Å². The minimum atomic E-state index is -1.45. The molecule has 0 bridgehead atoms. The zero-order chi connectivity index (χ0) is 21.7. The standard InChI is InChI=1S/C21H21N3O6/c1-24-15-7-3-2-6-13(15)23-20-16(24)8-4-9-17(20)30-11-5-10-18(25)22-14(21(28)29)12-19(26)27/h2-4,6-9,14H,5,10-12H2,1H3,(H2-,22,25,26,27,28,29)/p+1. The Labute approximate surface area is 171 Å². The quantitative estimate of drug-likeness (QED) is 0.275. The van der Waals surface area contributed by atoms with Crippen molar-refractivity contribution >= 4 is 39.9 Å². The van der Waals surface area contributed by atoms with Crippen LogP contribution in [0.4, 0.5) is 0 Å². The van der Waals surface area contributed by atoms with Crippen molar-refractivity contribution in [1.82, 2.24) is 10.3 Å². The first-order valence-electron chi connectivity index (χ1n) is 9.41. The number of hydrogen-bond donors (Lipinski definition) is 3. The van der Waals surface area contributed by atoms with Crippen molar-refractivity contribution in [2.45, 2.75) is 25.3 Å². The molecule has 156 valence electrons. The molecule has 9 heteroatoms. The van der Waals surface area contributed by atoms with Gasteiger partial charge in [0.15, 0.2) is 11.3 Å². The highest BCUT2D eigenvalue weighted by Gasteiger charge is 2.22. The van der Waals surface area contributed by atoms with E-state index in [2.05, 4.69) is 5.32 Å². The molecule has 30 heavy (non-hydrogen) atoms. The Kier molecular flexibility index (Phi) is 6.41. The monoisotopic (exact) mass is 412 g/mol. The van der Waals surface area contributed by atoms with E-state index in [1.165, 1.54) is 0 Å². The molecule has 0 aliphatic carbocycles. The third kappa shape index (κ3) is 4.80. The molecule has 0 saturated heterocycles. The summed E-state index contributed by atoms with van der Waals surface area (Å²) in [7, 11) is 1.95. The fourth-order valence-electron chi connectivity index (χ4n) is 3.16. The summed E-state index contributed by atoms with van der Waals surface area (Å²) in [5.41, 5.74) is 3.44. The molecule has 1 atom stereocenters. The van der Waals surface area contributed by atoms with E-state index in [9.17, 15) is 14.4 Å². The number of nitrogens with zero attached hydrogens (tertiary/aromatic N) is 2. The summed E-state index contributed by atoms with van der Waals surface area (Å²) in [6, 6.07) is 11.9. The van der Waals surface area contributed by atoms with Gasteiger partial charge < -0.3 is 20.3 Å². The zero-order valence-electron chi connectivity index (χ0n) is 16.4. The third-order valence-corrected chi connectivity index (χ3v) is 4.63. The van der Waals surface area contributed by atoms with Gasteiger partial charge in [0, 0.05) is 18.6 Å². The van der Waals surface area contributed by atoms with Crippen LogP contribution in [-0.4, -0.2) is 45.7 Å². The second-order valence-electron chi connectivity index (χ2n) is 6.79. The molecule has 9 nitrogen and oxygen atoms in total. The number of carbonyl (C=O) groups excluding carboxylic acids is 1. The number of carbonyl (C=O) groups is 3. The number of amides is 1. The van der Waals surface area contributed by atoms with Crippen LogP contribution < -0.4 is 14.6 Å². The number of rotatable bonds is 9. The number of fused-ring (bicyclic) bond motifs is 2. The molecule has 3 N–H and O–H groups in total. The lowest BCUT2D eigenvalue weighted by atomic mass is 10.2. The molecule has 0 spiro atoms. The van der Waals surface area contributed by atoms with E-state index in [4.69, 9.17) is 19.9 Å². The van der Waals surface area contributed by atoms with E-state index < -0.39 is 30.3 Å². The lowest BCUT2D eigenvalue weighted by Gasteiger charge is -2.12. The van der Waals surface area contributed by atoms with Crippen LogP contribution in [0.25, 0.3) is 22.1 Å². The first-order valence-corrected chi connectivity index (χ1v) is 9.41. The maximum absolute atomic E-state index is 11.9. The van der Waals surface area contributed by atoms with Crippen molar-refractivity contribution in [3.63, 3.8) is 0 Å². The predicted molar refractivity (Wildman–Crippen MR) is 107 cm³/mol. The summed E-state index contributed by atoms with van der Waals surface area (Å²) in [5, 5.41) is 19.9. The van der Waals surface area contributed by atoms with Crippen LogP contribution in [0.5, 0.6) is 5.75 Å². The number of carboxylic acids is 2. The number of hydrogen-bond acceptors (Lipinski definition) is 5. The molecule has 0 saturated carbocycles. The maximum Gasteiger partial charge on any atom is 0.326 e. The Morgan fingerprint density at radius 2 is 1.83 bits per heavy atom. The van der Waals surface area contributed by atoms with E-state index in [0.29, 0.717) is 17.7 Å². The van der Waals surface area contributed by atoms with Gasteiger partial charge in [-0.1, -0.05) is 18.2 Å². The van der Waals surface area contributed by atoms with Crippen LogP contribution in [0, 0.1) is 0 Å². The highest BCUT2D eigenvalue weighted by Crippen LogP contribution is 2.23. The molecular formula is C21H22N3O6+. The lowest BCUT2D eigenvalue weighted by Crippen LogP contribution is -2.42. The van der Waals surface area contributed by atoms with Crippen LogP contribution >= 0.6 is 0 Å². The Hall–Kier alpha value is -3.75. The second kappa shape index (κ2) is 9.17. The first-order chi connectivity index (χ1) is 14.4. The minimum absolute atomic E-state index is 0.0122. The number of aromatic nitrogens is 2. The molecule has 0 aliphatic heterocycles. The molecule has 1 aromatic heterocycles. The normalized spacial score (nSPS) is 11.9. The van der Waals surface area contributed by atoms with Crippen LogP contribution in [-0.2, 0) is 21.4 Å². The van der Waals surface area contributed by atoms with Gasteiger partial charge in [-0.05, 0) is 18.6 Å². The Morgan fingerprint density at radius 1 is 1.10 bits per heavy atom. The van der Waals surface area contributed by atoms with Crippen molar-refractivity contribution in [1.29, 1.82) is 0 Å². The van der Waals surface area contributed by atoms with Crippen LogP contribution in [0.15, 0.2) is 42.5 Å². The van der Waals surface area contributed by atoms with Crippen molar-refractivity contribution in [2.75, 3.05) is 6.61 Å². The van der Waals surface area contributed by atoms with Gasteiger partial charge in [-0.3, -0.25) is 9.59 Å². The predicted octanol–water partition coefficient (Wildman–Crippen LogP) is 1.42. The number of benzene rings is 2. The Morgan fingerprint density at radius 3 is 2.57 bits per heavy atom. The summed E-state index contributed by atoms with van der Waals surface area (Å²) < 4.78 is 7.86. The molecule has 0 aliphatic rings. The van der Waals surface area contributed by atoms with Crippen molar-refractivity contribution in [3.8, 4) is 5.75 Å². The van der Waals surface area contributed by atoms with Gasteiger partial charge in [-0.2, -0.15) is 4.57 Å². The summed E-state index contributed by atoms with van der Waals surface area (Å²) >= 11 is 0. The summed E-state index contributed by atoms with van der Waals surface area (Å²) in [6.45, 7) is 0.224. The molecule has 0 fully saturated rings. The van der Waals surface area contributed by atoms with Crippen LogP contribution in [0.1, 0.15) is 19.3 Å². The Balaban J connectivity index is 1.63. The van der Waals surface area contributed by atoms with Crippen LogP contribution in [0.3, 0.4) is 0 Å². The summed E-state index contributed by atoms with van der Waals surface area (Å²) in [6.07, 6.45) is -0.330. The average Bonchev–Trinajstić information content (AvgIpc) is 2.71. The number of ether oxygens (including phenoxy) is 1. The van der Waals surface area contributed by atoms with Gasteiger partial charge in [0.1, 0.15) is 18.6 Å². The molecule has 3 aromatic rings. The highest BCUT2D eigenvalue weighted by atomic mass is 16.5. The third-order valence-electron chi connectivity index (χ3n) is 4.63. The van der Waals surface area contributed by atoms with Gasteiger partial charge in [0.25, 0.3) is 0 Å². The van der Waals surface area contributed by atoms with E-state index in [1.54, 1.807) is 6.07 Å². The van der Waals surface area contributed by atoms with Crippen molar-refractivity contribution < 1.29 is 33.9 Å². The number of aliphatic carboxylic acids is 2. The van der Waals surface area contributed by atoms with Gasteiger partial charge in [0.2, 0.25) is 16.9 Å². The SMILES string of the molecule is C[n+]1c2ccccc2nc2c(OCCCC(=O)NC(CC(=O)O)C(=O)O)cccc21. The average molecular weight is 412 g/mol. The number of para-hydroxylation sites is 3. The highest BCUT2D eigenvalue weighted by molar-refractivity contribution is 5.87. The van der Waals surface area contributed by atoms with Crippen molar-refractivity contribution in [2.24, 2.45) is 7.05 Å². The van der Waals surface area contributed by atoms with Gasteiger partial charge >= 0.3 is 11.9 Å². The second-order valence-corrected chi connectivity index (χ2v) is 6.79. The minimum Gasteiger partial charge on any atom is -0.491 e. The summed E-state index contributed by atoms with van der Waals surface area (Å²) in [4.78, 5) is 38.3. The zero-order valence-corrected chi connectivity index (χ0v) is 16.4. The van der Waals surface area contributed by atoms with Gasteiger partial charge in [-0.15, -0.1) is 0 Å². The van der Waals surface area contributed by atoms with Crippen molar-refractivity contribution in [3.05, 3.63) is 42.5 Å². The van der Waals surface area contributed by atoms with E-state index in [1.807, 2.05) is 48.0 Å². The topological polar surface area (TPSA) is 130 Å². The maximum atomic E-state index is 11.9. The Bertz CT molecular complexity index is 1110. The molecule has 1 heterocycles. The molecule has 1 amide bonds. The van der Waals surface area contributed by atoms with E-state index >= 15 is 0 Å². The smallest absolute Gasteiger partial charge is 0.326 e. The molecular weight excluding hydrogens is 390 g/mol. The molecule has 3 rings (SSSR count). The van der Waals surface area contributed by atoms with Gasteiger partial charge in [0.05, 0.1) is 13.0 Å². The fourth-order valence-corrected chi connectivity index (χ4v) is 3.16. The fraction of sp³-hybridized carbons (Fsp3) is 0.286. The number of nitrogens with one attached hydrogen (secondary N) is 1. The molecule has 0 radical (unpaired) electrons. The van der Waals surface area contributed by atoms with Gasteiger partial charge in [-0.25, -0.2) is 9.78 Å². The molecule has 2 aromatic carbocycles. The van der Waals surface area contributed by atoms with Crippen LogP contribution in [0.2, 0.25) is 0 Å². The lowest BCUT2D eigenvalue weighted by molar-refractivity contribution is -0.618. The summed E-state index contributed by atoms with van der Waals surface area (Å²) in [5.74, 6) is -2.64. The van der Waals surface area contributed by atoms with E-state index in [-0.39, 0.29) is 13.0 Å².